The molecule has 4 nitrogen and oxygen atoms in total. The van der Waals surface area contributed by atoms with Crippen molar-refractivity contribution in [3.63, 3.8) is 0 Å². The van der Waals surface area contributed by atoms with Gasteiger partial charge >= 0.3 is 0 Å². The average molecular weight is 113 g/mol. The Labute approximate surface area is 46.7 Å². The zero-order valence-corrected chi connectivity index (χ0v) is 4.28. The van der Waals surface area contributed by atoms with Gasteiger partial charge < -0.3 is 5.11 Å². The normalized spacial score (nSPS) is 9.12. The number of aliphatic hydroxyl groups excluding tert-OH is 1. The monoisotopic (exact) mass is 113 g/mol. The van der Waals surface area contributed by atoms with E-state index in [1.807, 2.05) is 0 Å². The molecular formula is C4H7N3O. The van der Waals surface area contributed by atoms with E-state index in [1.54, 1.807) is 18.5 Å². The van der Waals surface area contributed by atoms with Crippen molar-refractivity contribution < 1.29 is 5.11 Å². The lowest BCUT2D eigenvalue weighted by Gasteiger charge is -1.97. The van der Waals surface area contributed by atoms with Crippen molar-refractivity contribution in [1.82, 2.24) is 9.89 Å². The Morgan fingerprint density at radius 1 is 1.75 bits per heavy atom. The largest absolute Gasteiger partial charge is 0.375 e. The van der Waals surface area contributed by atoms with E-state index in [-0.39, 0.29) is 6.73 Å². The number of nitrogens with one attached hydrogen (secondary N) is 1. The third-order valence-electron chi connectivity index (χ3n) is 0.737. The summed E-state index contributed by atoms with van der Waals surface area (Å²) < 4.78 is 0. The maximum Gasteiger partial charge on any atom is 0.128 e. The van der Waals surface area contributed by atoms with Crippen LogP contribution in [0.2, 0.25) is 0 Å². The molecule has 0 aliphatic carbocycles. The molecule has 0 unspecified atom stereocenters. The van der Waals surface area contributed by atoms with Gasteiger partial charge in [0.25, 0.3) is 0 Å². The molecule has 0 amide bonds. The first kappa shape index (κ1) is 5.11. The van der Waals surface area contributed by atoms with Gasteiger partial charge in [0.15, 0.2) is 0 Å². The first-order chi connectivity index (χ1) is 3.93. The molecule has 1 heterocycles. The minimum absolute atomic E-state index is 0.0956. The third kappa shape index (κ3) is 0.974. The lowest BCUT2D eigenvalue weighted by Crippen LogP contribution is -2.15. The molecule has 2 N–H and O–H groups in total. The molecule has 0 saturated heterocycles. The Kier molecular flexibility index (Phi) is 1.48. The van der Waals surface area contributed by atoms with Gasteiger partial charge in [-0.2, -0.15) is 9.89 Å². The van der Waals surface area contributed by atoms with Gasteiger partial charge in [-0.15, -0.1) is 0 Å². The summed E-state index contributed by atoms with van der Waals surface area (Å²) in [6.07, 6.45) is 3.33. The van der Waals surface area contributed by atoms with Crippen molar-refractivity contribution in [3.05, 3.63) is 18.5 Å². The quantitative estimate of drug-likeness (QED) is 0.502. The zero-order chi connectivity index (χ0) is 5.82. The predicted molar refractivity (Wildman–Crippen MR) is 28.7 cm³/mol. The molecule has 0 spiro atoms. The van der Waals surface area contributed by atoms with Gasteiger partial charge in [0, 0.05) is 6.20 Å². The molecule has 0 saturated carbocycles. The van der Waals surface area contributed by atoms with E-state index in [4.69, 9.17) is 5.11 Å². The van der Waals surface area contributed by atoms with Crippen LogP contribution in [0, 0.1) is 0 Å². The van der Waals surface area contributed by atoms with Crippen LogP contribution in [0.15, 0.2) is 18.5 Å². The van der Waals surface area contributed by atoms with Crippen molar-refractivity contribution in [3.8, 4) is 0 Å². The maximum atomic E-state index is 8.27. The molecule has 1 rings (SSSR count). The SMILES string of the molecule is OCNn1cccn1. The Balaban J connectivity index is 2.50. The van der Waals surface area contributed by atoms with Crippen LogP contribution < -0.4 is 5.43 Å². The Bertz CT molecular complexity index is 137. The minimum atomic E-state index is -0.0956. The smallest absolute Gasteiger partial charge is 0.128 e. The number of hydrogen-bond donors (Lipinski definition) is 2. The van der Waals surface area contributed by atoms with Gasteiger partial charge in [0.2, 0.25) is 0 Å². The molecular weight excluding hydrogens is 106 g/mol. The highest BCUT2D eigenvalue weighted by atomic mass is 16.3. The summed E-state index contributed by atoms with van der Waals surface area (Å²) >= 11 is 0. The molecule has 1 aromatic rings. The van der Waals surface area contributed by atoms with Crippen LogP contribution in [-0.2, 0) is 0 Å². The number of aromatic nitrogens is 2. The molecule has 0 aromatic carbocycles. The Hall–Kier alpha value is -1.03. The van der Waals surface area contributed by atoms with Gasteiger partial charge in [0.1, 0.15) is 6.73 Å². The summed E-state index contributed by atoms with van der Waals surface area (Å²) in [5, 5.41) is 12.0. The number of nitrogens with zero attached hydrogens (tertiary/aromatic N) is 2. The summed E-state index contributed by atoms with van der Waals surface area (Å²) in [6.45, 7) is -0.0956. The Morgan fingerprint density at radius 3 is 3.12 bits per heavy atom. The van der Waals surface area contributed by atoms with E-state index < -0.39 is 0 Å². The lowest BCUT2D eigenvalue weighted by atomic mass is 10.8. The molecule has 44 valence electrons. The van der Waals surface area contributed by atoms with E-state index in [2.05, 4.69) is 10.5 Å². The second kappa shape index (κ2) is 2.32. The van der Waals surface area contributed by atoms with Crippen LogP contribution in [-0.4, -0.2) is 21.7 Å². The first-order valence-electron chi connectivity index (χ1n) is 2.28. The van der Waals surface area contributed by atoms with Gasteiger partial charge in [-0.05, 0) is 6.07 Å². The summed E-state index contributed by atoms with van der Waals surface area (Å²) in [5.41, 5.74) is 2.55. The molecule has 0 bridgehead atoms. The maximum absolute atomic E-state index is 8.27. The number of rotatable bonds is 2. The van der Waals surface area contributed by atoms with Crippen LogP contribution in [0.5, 0.6) is 0 Å². The number of aliphatic hydroxyl groups is 1. The van der Waals surface area contributed by atoms with Crippen molar-refractivity contribution in [2.45, 2.75) is 0 Å². The molecule has 0 atom stereocenters. The van der Waals surface area contributed by atoms with Crippen LogP contribution in [0.1, 0.15) is 0 Å². The van der Waals surface area contributed by atoms with E-state index in [1.165, 1.54) is 4.79 Å². The molecule has 1 aromatic heterocycles. The van der Waals surface area contributed by atoms with Crippen molar-refractivity contribution in [1.29, 1.82) is 0 Å². The molecule has 8 heavy (non-hydrogen) atoms. The van der Waals surface area contributed by atoms with Crippen LogP contribution in [0.4, 0.5) is 0 Å². The number of hydrogen-bond acceptors (Lipinski definition) is 3. The standard InChI is InChI=1S/C4H7N3O/c8-4-6-7-3-1-2-5-7/h1-3,6,8H,4H2. The second-order valence-corrected chi connectivity index (χ2v) is 1.27. The van der Waals surface area contributed by atoms with Crippen LogP contribution in [0.3, 0.4) is 0 Å². The molecule has 0 aliphatic rings. The molecule has 0 fully saturated rings. The fourth-order valence-electron chi connectivity index (χ4n) is 0.435. The van der Waals surface area contributed by atoms with E-state index >= 15 is 0 Å². The van der Waals surface area contributed by atoms with Gasteiger partial charge in [-0.3, -0.25) is 5.43 Å². The fraction of sp³-hybridized carbons (Fsp3) is 0.250. The molecule has 0 radical (unpaired) electrons. The van der Waals surface area contributed by atoms with Gasteiger partial charge in [0.05, 0.1) is 6.20 Å². The van der Waals surface area contributed by atoms with Gasteiger partial charge in [-0.1, -0.05) is 0 Å². The molecule has 4 heteroatoms. The fourth-order valence-corrected chi connectivity index (χ4v) is 0.435. The van der Waals surface area contributed by atoms with Crippen LogP contribution >= 0.6 is 0 Å². The Morgan fingerprint density at radius 2 is 2.62 bits per heavy atom. The van der Waals surface area contributed by atoms with Crippen molar-refractivity contribution >= 4 is 0 Å². The van der Waals surface area contributed by atoms with E-state index in [9.17, 15) is 0 Å². The second-order valence-electron chi connectivity index (χ2n) is 1.27. The highest BCUT2D eigenvalue weighted by Gasteiger charge is 1.79. The van der Waals surface area contributed by atoms with Crippen LogP contribution in [0.25, 0.3) is 0 Å². The molecule has 0 aliphatic heterocycles. The topological polar surface area (TPSA) is 50.1 Å². The highest BCUT2D eigenvalue weighted by molar-refractivity contribution is 4.79. The predicted octanol–water partition coefficient (Wildman–Crippen LogP) is -0.624. The third-order valence-corrected chi connectivity index (χ3v) is 0.737. The van der Waals surface area contributed by atoms with Gasteiger partial charge in [-0.25, -0.2) is 0 Å². The van der Waals surface area contributed by atoms with Crippen molar-refractivity contribution in [2.75, 3.05) is 12.2 Å². The summed E-state index contributed by atoms with van der Waals surface area (Å²) in [6, 6.07) is 1.77. The van der Waals surface area contributed by atoms with E-state index in [0.29, 0.717) is 0 Å². The van der Waals surface area contributed by atoms with Crippen molar-refractivity contribution in [2.24, 2.45) is 0 Å². The summed E-state index contributed by atoms with van der Waals surface area (Å²) in [5.74, 6) is 0. The van der Waals surface area contributed by atoms with E-state index in [0.717, 1.165) is 0 Å². The first-order valence-corrected chi connectivity index (χ1v) is 2.28. The summed E-state index contributed by atoms with van der Waals surface area (Å²) in [7, 11) is 0. The lowest BCUT2D eigenvalue weighted by molar-refractivity contribution is 0.305. The average Bonchev–Trinajstić information content (AvgIpc) is 2.19. The highest BCUT2D eigenvalue weighted by Crippen LogP contribution is 1.75. The minimum Gasteiger partial charge on any atom is -0.375 e. The summed E-state index contributed by atoms with van der Waals surface area (Å²) in [4.78, 5) is 1.43. The zero-order valence-electron chi connectivity index (χ0n) is 4.28.